The Bertz CT molecular complexity index is 486. The van der Waals surface area contributed by atoms with Crippen LogP contribution in [-0.2, 0) is 7.05 Å². The first kappa shape index (κ1) is 9.52. The van der Waals surface area contributed by atoms with E-state index in [0.717, 1.165) is 11.1 Å². The van der Waals surface area contributed by atoms with Crippen LogP contribution in [0.25, 0.3) is 16.9 Å². The first-order valence-electron chi connectivity index (χ1n) is 4.66. The van der Waals surface area contributed by atoms with Crippen LogP contribution in [0.2, 0.25) is 0 Å². The molecule has 0 aliphatic rings. The van der Waals surface area contributed by atoms with Gasteiger partial charge in [0.1, 0.15) is 11.5 Å². The molecule has 1 aromatic carbocycles. The third kappa shape index (κ3) is 1.76. The first-order chi connectivity index (χ1) is 7.18. The summed E-state index contributed by atoms with van der Waals surface area (Å²) in [7, 11) is 1.82. The van der Waals surface area contributed by atoms with Gasteiger partial charge in [-0.3, -0.25) is 4.68 Å². The van der Waals surface area contributed by atoms with E-state index in [1.165, 1.54) is 0 Å². The second-order valence-electron chi connectivity index (χ2n) is 3.38. The number of hydrogen-bond acceptors (Lipinski definition) is 2. The predicted molar refractivity (Wildman–Crippen MR) is 60.3 cm³/mol. The average molecular weight is 200 g/mol. The van der Waals surface area contributed by atoms with Gasteiger partial charge in [-0.2, -0.15) is 5.10 Å². The SMILES string of the molecule is C=C(O)c1nn(C)cc1-c1ccccc1. The molecule has 2 rings (SSSR count). The molecule has 0 saturated heterocycles. The van der Waals surface area contributed by atoms with Gasteiger partial charge in [0, 0.05) is 18.8 Å². The summed E-state index contributed by atoms with van der Waals surface area (Å²) in [4.78, 5) is 0. The Morgan fingerprint density at radius 1 is 1.33 bits per heavy atom. The minimum Gasteiger partial charge on any atom is -0.506 e. The zero-order valence-corrected chi connectivity index (χ0v) is 8.51. The Kier molecular flexibility index (Phi) is 2.29. The smallest absolute Gasteiger partial charge is 0.136 e. The summed E-state index contributed by atoms with van der Waals surface area (Å²) in [5, 5.41) is 13.6. The van der Waals surface area contributed by atoms with Gasteiger partial charge >= 0.3 is 0 Å². The minimum atomic E-state index is -0.00514. The largest absolute Gasteiger partial charge is 0.506 e. The number of aryl methyl sites for hydroxylation is 1. The van der Waals surface area contributed by atoms with Crippen LogP contribution < -0.4 is 0 Å². The number of aromatic nitrogens is 2. The lowest BCUT2D eigenvalue weighted by atomic mass is 10.1. The van der Waals surface area contributed by atoms with Crippen molar-refractivity contribution in [1.82, 2.24) is 9.78 Å². The van der Waals surface area contributed by atoms with Gasteiger partial charge in [-0.05, 0) is 5.56 Å². The molecule has 0 fully saturated rings. The van der Waals surface area contributed by atoms with Crippen molar-refractivity contribution in [3.8, 4) is 11.1 Å². The first-order valence-corrected chi connectivity index (χ1v) is 4.66. The summed E-state index contributed by atoms with van der Waals surface area (Å²) in [5.74, 6) is -0.00514. The summed E-state index contributed by atoms with van der Waals surface area (Å²) in [6, 6.07) is 9.80. The maximum Gasteiger partial charge on any atom is 0.136 e. The quantitative estimate of drug-likeness (QED) is 0.757. The molecule has 0 amide bonds. The van der Waals surface area contributed by atoms with E-state index < -0.39 is 0 Å². The lowest BCUT2D eigenvalue weighted by Gasteiger charge is -1.99. The van der Waals surface area contributed by atoms with Crippen LogP contribution in [-0.4, -0.2) is 14.9 Å². The number of aliphatic hydroxyl groups excluding tert-OH is 1. The molecule has 0 unspecified atom stereocenters. The fraction of sp³-hybridized carbons (Fsp3) is 0.0833. The molecule has 76 valence electrons. The molecule has 0 radical (unpaired) electrons. The minimum absolute atomic E-state index is 0.00514. The Morgan fingerprint density at radius 2 is 2.00 bits per heavy atom. The normalized spacial score (nSPS) is 10.2. The van der Waals surface area contributed by atoms with E-state index in [4.69, 9.17) is 0 Å². The zero-order chi connectivity index (χ0) is 10.8. The van der Waals surface area contributed by atoms with Gasteiger partial charge in [0.25, 0.3) is 0 Å². The predicted octanol–water partition coefficient (Wildman–Crippen LogP) is 2.62. The molecule has 0 atom stereocenters. The maximum atomic E-state index is 9.41. The Labute approximate surface area is 88.3 Å². The highest BCUT2D eigenvalue weighted by molar-refractivity contribution is 5.74. The Balaban J connectivity index is 2.58. The molecule has 1 N–H and O–H groups in total. The van der Waals surface area contributed by atoms with Crippen LogP contribution >= 0.6 is 0 Å². The molecular formula is C12H12N2O. The van der Waals surface area contributed by atoms with Crippen molar-refractivity contribution in [1.29, 1.82) is 0 Å². The molecule has 1 aromatic heterocycles. The summed E-state index contributed by atoms with van der Waals surface area (Å²) < 4.78 is 1.67. The van der Waals surface area contributed by atoms with Crippen LogP contribution in [0.5, 0.6) is 0 Å². The van der Waals surface area contributed by atoms with E-state index >= 15 is 0 Å². The number of rotatable bonds is 2. The highest BCUT2D eigenvalue weighted by Gasteiger charge is 2.11. The average Bonchev–Trinajstić information content (AvgIpc) is 2.62. The highest BCUT2D eigenvalue weighted by Crippen LogP contribution is 2.25. The van der Waals surface area contributed by atoms with Crippen molar-refractivity contribution in [2.45, 2.75) is 0 Å². The summed E-state index contributed by atoms with van der Waals surface area (Å²) in [5.41, 5.74) is 2.45. The monoisotopic (exact) mass is 200 g/mol. The van der Waals surface area contributed by atoms with Crippen molar-refractivity contribution >= 4 is 5.76 Å². The molecule has 15 heavy (non-hydrogen) atoms. The Hall–Kier alpha value is -2.03. The van der Waals surface area contributed by atoms with Gasteiger partial charge in [-0.1, -0.05) is 36.9 Å². The standard InChI is InChI=1S/C12H12N2O/c1-9(15)12-11(8-14(2)13-12)10-6-4-3-5-7-10/h3-8,15H,1H2,2H3. The molecule has 3 nitrogen and oxygen atoms in total. The van der Waals surface area contributed by atoms with Gasteiger partial charge in [0.05, 0.1) is 0 Å². The highest BCUT2D eigenvalue weighted by atomic mass is 16.3. The summed E-state index contributed by atoms with van der Waals surface area (Å²) >= 11 is 0. The number of hydrogen-bond donors (Lipinski definition) is 1. The molecule has 0 aliphatic heterocycles. The zero-order valence-electron chi connectivity index (χ0n) is 8.51. The van der Waals surface area contributed by atoms with Crippen LogP contribution in [0.15, 0.2) is 43.1 Å². The lowest BCUT2D eigenvalue weighted by molar-refractivity contribution is 0.509. The fourth-order valence-electron chi connectivity index (χ4n) is 1.53. The van der Waals surface area contributed by atoms with Crippen molar-refractivity contribution in [2.24, 2.45) is 7.05 Å². The summed E-state index contributed by atoms with van der Waals surface area (Å²) in [6.07, 6.45) is 1.87. The van der Waals surface area contributed by atoms with E-state index in [9.17, 15) is 5.11 Å². The number of benzene rings is 1. The van der Waals surface area contributed by atoms with Gasteiger partial charge in [0.15, 0.2) is 0 Å². The van der Waals surface area contributed by atoms with Gasteiger partial charge in [0.2, 0.25) is 0 Å². The second kappa shape index (κ2) is 3.61. The van der Waals surface area contributed by atoms with Crippen LogP contribution in [0.1, 0.15) is 5.69 Å². The van der Waals surface area contributed by atoms with Crippen molar-refractivity contribution in [3.63, 3.8) is 0 Å². The van der Waals surface area contributed by atoms with E-state index in [1.807, 2.05) is 43.6 Å². The molecule has 0 spiro atoms. The van der Waals surface area contributed by atoms with Gasteiger partial charge < -0.3 is 5.11 Å². The van der Waals surface area contributed by atoms with E-state index in [2.05, 4.69) is 11.7 Å². The summed E-state index contributed by atoms with van der Waals surface area (Å²) in [6.45, 7) is 3.50. The molecule has 2 aromatic rings. The van der Waals surface area contributed by atoms with Crippen molar-refractivity contribution in [2.75, 3.05) is 0 Å². The third-order valence-corrected chi connectivity index (χ3v) is 2.19. The topological polar surface area (TPSA) is 38.1 Å². The second-order valence-corrected chi connectivity index (χ2v) is 3.38. The fourth-order valence-corrected chi connectivity index (χ4v) is 1.53. The molecule has 1 heterocycles. The maximum absolute atomic E-state index is 9.41. The third-order valence-electron chi connectivity index (χ3n) is 2.19. The lowest BCUT2D eigenvalue weighted by Crippen LogP contribution is -1.89. The van der Waals surface area contributed by atoms with E-state index in [0.29, 0.717) is 5.69 Å². The number of aliphatic hydroxyl groups is 1. The number of nitrogens with zero attached hydrogens (tertiary/aromatic N) is 2. The van der Waals surface area contributed by atoms with Gasteiger partial charge in [-0.25, -0.2) is 0 Å². The molecule has 0 bridgehead atoms. The Morgan fingerprint density at radius 3 is 2.60 bits per heavy atom. The molecular weight excluding hydrogens is 188 g/mol. The van der Waals surface area contributed by atoms with Crippen molar-refractivity contribution < 1.29 is 5.11 Å². The molecule has 0 aliphatic carbocycles. The van der Waals surface area contributed by atoms with Gasteiger partial charge in [-0.15, -0.1) is 0 Å². The molecule has 0 saturated carbocycles. The van der Waals surface area contributed by atoms with E-state index in [1.54, 1.807) is 4.68 Å². The van der Waals surface area contributed by atoms with Crippen LogP contribution in [0, 0.1) is 0 Å². The van der Waals surface area contributed by atoms with E-state index in [-0.39, 0.29) is 5.76 Å². The van der Waals surface area contributed by atoms with Crippen LogP contribution in [0.4, 0.5) is 0 Å². The van der Waals surface area contributed by atoms with Crippen LogP contribution in [0.3, 0.4) is 0 Å². The van der Waals surface area contributed by atoms with Crippen molar-refractivity contribution in [3.05, 3.63) is 48.8 Å². The molecule has 3 heteroatoms.